The maximum absolute atomic E-state index is 14.1. The quantitative estimate of drug-likeness (QED) is 0.128. The number of anilines is 1. The molecule has 0 aromatic heterocycles. The minimum atomic E-state index is -2.98. The summed E-state index contributed by atoms with van der Waals surface area (Å²) in [5.74, 6) is -2.37. The highest BCUT2D eigenvalue weighted by Crippen LogP contribution is 2.27. The van der Waals surface area contributed by atoms with E-state index in [4.69, 9.17) is 15.9 Å². The SMILES string of the molecule is CCCCN(CC(=O)OCC)C(=O)C(CC(=O)N(CC1CCNCC1)C(=N)N)N(c1ccc2ccccc2c1)S(=O)[O-]. The average molecular weight is 602 g/mol. The van der Waals surface area contributed by atoms with Crippen LogP contribution in [0, 0.1) is 11.3 Å². The number of esters is 1. The maximum atomic E-state index is 14.1. The molecule has 1 saturated heterocycles. The van der Waals surface area contributed by atoms with Gasteiger partial charge in [0.05, 0.1) is 13.0 Å². The van der Waals surface area contributed by atoms with Gasteiger partial charge in [-0.15, -0.1) is 0 Å². The summed E-state index contributed by atoms with van der Waals surface area (Å²) in [6.45, 7) is 5.21. The number of benzene rings is 2. The Morgan fingerprint density at radius 3 is 2.45 bits per heavy atom. The molecule has 0 saturated carbocycles. The first-order valence-corrected chi connectivity index (χ1v) is 15.4. The van der Waals surface area contributed by atoms with Crippen molar-refractivity contribution in [2.75, 3.05) is 43.6 Å². The summed E-state index contributed by atoms with van der Waals surface area (Å²) in [4.78, 5) is 42.6. The van der Waals surface area contributed by atoms with Crippen LogP contribution in [0.3, 0.4) is 0 Å². The van der Waals surface area contributed by atoms with Gasteiger partial charge < -0.3 is 25.2 Å². The molecule has 2 atom stereocenters. The zero-order valence-corrected chi connectivity index (χ0v) is 25.1. The Hall–Kier alpha value is -3.55. The Kier molecular flexibility index (Phi) is 12.7. The number of hydrogen-bond acceptors (Lipinski definition) is 8. The monoisotopic (exact) mass is 601 g/mol. The van der Waals surface area contributed by atoms with E-state index in [0.29, 0.717) is 12.8 Å². The van der Waals surface area contributed by atoms with Crippen LogP contribution in [0.5, 0.6) is 0 Å². The molecule has 4 N–H and O–H groups in total. The molecule has 2 aromatic rings. The van der Waals surface area contributed by atoms with Crippen molar-refractivity contribution in [3.63, 3.8) is 0 Å². The lowest BCUT2D eigenvalue weighted by Gasteiger charge is -2.37. The fraction of sp³-hybridized carbons (Fsp3) is 0.517. The Labute approximate surface area is 249 Å². The van der Waals surface area contributed by atoms with Crippen LogP contribution in [0.1, 0.15) is 46.0 Å². The molecule has 0 radical (unpaired) electrons. The van der Waals surface area contributed by atoms with E-state index in [2.05, 4.69) is 5.32 Å². The second kappa shape index (κ2) is 16.2. The summed E-state index contributed by atoms with van der Waals surface area (Å²) in [7, 11) is 0. The van der Waals surface area contributed by atoms with Gasteiger partial charge in [0.25, 0.3) is 0 Å². The standard InChI is InChI=1S/C29H42N6O6S/c1-3-5-16-33(20-27(37)41-4-2)28(38)25(18-26(36)34(29(30)31)19-21-12-14-32-15-13-21)35(42(39)40)24-11-10-22-8-6-7-9-23(22)17-24/h6-11,17,21,25,32H,3-5,12-16,18-20H2,1-2H3,(H3,30,31)(H,39,40)/p-1. The van der Waals surface area contributed by atoms with E-state index in [9.17, 15) is 23.1 Å². The lowest BCUT2D eigenvalue weighted by Crippen LogP contribution is -2.54. The van der Waals surface area contributed by atoms with Crippen molar-refractivity contribution in [3.8, 4) is 0 Å². The van der Waals surface area contributed by atoms with Crippen LogP contribution in [0.15, 0.2) is 42.5 Å². The van der Waals surface area contributed by atoms with Gasteiger partial charge in [-0.05, 0) is 68.1 Å². The van der Waals surface area contributed by atoms with E-state index >= 15 is 0 Å². The third-order valence-corrected chi connectivity index (χ3v) is 8.08. The van der Waals surface area contributed by atoms with Gasteiger partial charge in [-0.1, -0.05) is 43.7 Å². The van der Waals surface area contributed by atoms with Crippen molar-refractivity contribution in [1.82, 2.24) is 15.1 Å². The summed E-state index contributed by atoms with van der Waals surface area (Å²) in [6, 6.07) is 10.8. The molecule has 0 spiro atoms. The maximum Gasteiger partial charge on any atom is 0.325 e. The van der Waals surface area contributed by atoms with Crippen LogP contribution in [-0.2, 0) is 30.4 Å². The Morgan fingerprint density at radius 1 is 1.14 bits per heavy atom. The van der Waals surface area contributed by atoms with E-state index in [1.165, 1.54) is 4.90 Å². The molecule has 1 aliphatic heterocycles. The van der Waals surface area contributed by atoms with Gasteiger partial charge in [0.15, 0.2) is 5.96 Å². The number of nitrogens with zero attached hydrogens (tertiary/aromatic N) is 3. The predicted molar refractivity (Wildman–Crippen MR) is 161 cm³/mol. The van der Waals surface area contributed by atoms with Gasteiger partial charge in [0, 0.05) is 30.0 Å². The van der Waals surface area contributed by atoms with Crippen LogP contribution >= 0.6 is 0 Å². The first-order valence-electron chi connectivity index (χ1n) is 14.3. The molecular weight excluding hydrogens is 560 g/mol. The average Bonchev–Trinajstić information content (AvgIpc) is 2.97. The van der Waals surface area contributed by atoms with Crippen molar-refractivity contribution < 1.29 is 27.9 Å². The summed E-state index contributed by atoms with van der Waals surface area (Å²) < 4.78 is 31.6. The van der Waals surface area contributed by atoms with Gasteiger partial charge >= 0.3 is 5.97 Å². The van der Waals surface area contributed by atoms with E-state index in [1.807, 2.05) is 31.2 Å². The highest BCUT2D eigenvalue weighted by Gasteiger charge is 2.36. The third-order valence-electron chi connectivity index (χ3n) is 7.29. The topological polar surface area (TPSA) is 172 Å². The molecule has 2 unspecified atom stereocenters. The zero-order chi connectivity index (χ0) is 30.6. The molecule has 230 valence electrons. The molecule has 0 aliphatic carbocycles. The Morgan fingerprint density at radius 2 is 1.83 bits per heavy atom. The van der Waals surface area contributed by atoms with Crippen LogP contribution in [0.2, 0.25) is 0 Å². The highest BCUT2D eigenvalue weighted by atomic mass is 32.2. The van der Waals surface area contributed by atoms with Gasteiger partial charge in [-0.2, -0.15) is 0 Å². The number of amides is 2. The summed E-state index contributed by atoms with van der Waals surface area (Å²) in [5.41, 5.74) is 6.01. The molecule has 0 bridgehead atoms. The minimum absolute atomic E-state index is 0.100. The van der Waals surface area contributed by atoms with Gasteiger partial charge in [0.1, 0.15) is 12.6 Å². The second-order valence-corrected chi connectivity index (χ2v) is 11.1. The summed E-state index contributed by atoms with van der Waals surface area (Å²) in [6.07, 6.45) is 2.27. The number of guanidine groups is 1. The number of carbonyl (C=O) groups excluding carboxylic acids is 3. The van der Waals surface area contributed by atoms with Crippen molar-refractivity contribution in [2.24, 2.45) is 11.7 Å². The smallest absolute Gasteiger partial charge is 0.325 e. The van der Waals surface area contributed by atoms with E-state index < -0.39 is 47.5 Å². The zero-order valence-electron chi connectivity index (χ0n) is 24.3. The lowest BCUT2D eigenvalue weighted by molar-refractivity contribution is -0.149. The molecule has 12 nitrogen and oxygen atoms in total. The van der Waals surface area contributed by atoms with E-state index in [-0.39, 0.29) is 37.8 Å². The number of carbonyl (C=O) groups is 3. The van der Waals surface area contributed by atoms with Gasteiger partial charge in [0.2, 0.25) is 11.8 Å². The van der Waals surface area contributed by atoms with Crippen LogP contribution < -0.4 is 15.4 Å². The lowest BCUT2D eigenvalue weighted by atomic mass is 9.97. The van der Waals surface area contributed by atoms with E-state index in [1.54, 1.807) is 25.1 Å². The Balaban J connectivity index is 2.03. The van der Waals surface area contributed by atoms with Crippen molar-refractivity contribution >= 4 is 51.5 Å². The number of fused-ring (bicyclic) bond motifs is 1. The summed E-state index contributed by atoms with van der Waals surface area (Å²) >= 11 is -2.98. The molecule has 1 heterocycles. The number of ether oxygens (including phenoxy) is 1. The highest BCUT2D eigenvalue weighted by molar-refractivity contribution is 7.80. The van der Waals surface area contributed by atoms with E-state index in [0.717, 1.165) is 45.9 Å². The van der Waals surface area contributed by atoms with Gasteiger partial charge in [-0.25, -0.2) is 0 Å². The fourth-order valence-corrected chi connectivity index (χ4v) is 5.73. The molecule has 1 fully saturated rings. The van der Waals surface area contributed by atoms with Crippen molar-refractivity contribution in [3.05, 3.63) is 42.5 Å². The molecule has 1 aliphatic rings. The van der Waals surface area contributed by atoms with Crippen LogP contribution in [-0.4, -0.2) is 87.7 Å². The molecular formula is C29H41N6O6S-. The predicted octanol–water partition coefficient (Wildman–Crippen LogP) is 2.11. The first-order chi connectivity index (χ1) is 20.2. The molecule has 13 heteroatoms. The number of hydrogen-bond donors (Lipinski definition) is 3. The number of nitrogens with two attached hydrogens (primary N) is 1. The first kappa shape index (κ1) is 33.0. The number of nitrogens with one attached hydrogen (secondary N) is 2. The summed E-state index contributed by atoms with van der Waals surface area (Å²) in [5, 5.41) is 13.0. The fourth-order valence-electron chi connectivity index (χ4n) is 5.08. The normalized spacial score (nSPS) is 15.0. The molecule has 42 heavy (non-hydrogen) atoms. The van der Waals surface area contributed by atoms with Crippen molar-refractivity contribution in [2.45, 2.75) is 52.0 Å². The third kappa shape index (κ3) is 8.97. The van der Waals surface area contributed by atoms with Crippen LogP contribution in [0.4, 0.5) is 5.69 Å². The second-order valence-electron chi connectivity index (χ2n) is 10.3. The van der Waals surface area contributed by atoms with Crippen molar-refractivity contribution in [1.29, 1.82) is 5.41 Å². The molecule has 2 aromatic carbocycles. The number of rotatable bonds is 14. The molecule has 3 rings (SSSR count). The Bertz CT molecular complexity index is 1270. The van der Waals surface area contributed by atoms with Crippen LogP contribution in [0.25, 0.3) is 10.8 Å². The number of unbranched alkanes of at least 4 members (excludes halogenated alkanes) is 1. The minimum Gasteiger partial charge on any atom is -0.755 e. The largest absolute Gasteiger partial charge is 0.755 e. The van der Waals surface area contributed by atoms with Gasteiger partial charge in [-0.3, -0.25) is 33.2 Å². The molecule has 2 amide bonds. The number of piperidine rings is 1.